The van der Waals surface area contributed by atoms with Gasteiger partial charge in [-0.15, -0.1) is 0 Å². The molecule has 1 aromatic carbocycles. The Morgan fingerprint density at radius 1 is 1.33 bits per heavy atom. The number of benzene rings is 1. The Morgan fingerprint density at radius 2 is 1.94 bits per heavy atom. The molecule has 0 bridgehead atoms. The Balaban J connectivity index is 3.17. The van der Waals surface area contributed by atoms with Crippen molar-refractivity contribution in [1.29, 1.82) is 0 Å². The quantitative estimate of drug-likeness (QED) is 0.811. The number of carbonyl (C=O) groups is 1. The van der Waals surface area contributed by atoms with E-state index in [1.54, 1.807) is 0 Å². The minimum absolute atomic E-state index is 0.0590. The van der Waals surface area contributed by atoms with Crippen molar-refractivity contribution in [3.05, 3.63) is 29.3 Å². The first kappa shape index (κ1) is 14.2. The third-order valence-electron chi connectivity index (χ3n) is 1.94. The zero-order valence-corrected chi connectivity index (χ0v) is 9.77. The summed E-state index contributed by atoms with van der Waals surface area (Å²) in [6.07, 6.45) is -4.65. The van der Waals surface area contributed by atoms with E-state index in [0.29, 0.717) is 0 Å². The number of ether oxygens (including phenoxy) is 1. The van der Waals surface area contributed by atoms with E-state index in [1.807, 2.05) is 0 Å². The van der Waals surface area contributed by atoms with E-state index in [0.717, 1.165) is 12.1 Å². The minimum Gasteiger partial charge on any atom is -0.483 e. The van der Waals surface area contributed by atoms with Crippen molar-refractivity contribution < 1.29 is 22.7 Å². The van der Waals surface area contributed by atoms with Gasteiger partial charge in [-0.05, 0) is 18.2 Å². The second-order valence-corrected chi connectivity index (χ2v) is 3.77. The molecule has 0 aliphatic heterocycles. The van der Waals surface area contributed by atoms with Crippen LogP contribution < -0.4 is 16.2 Å². The third-order valence-corrected chi connectivity index (χ3v) is 2.18. The number of halogens is 3. The number of hydrogen-bond acceptors (Lipinski definition) is 3. The summed E-state index contributed by atoms with van der Waals surface area (Å²) in [5.41, 5.74) is 9.04. The van der Waals surface area contributed by atoms with Crippen LogP contribution in [0.5, 0.6) is 5.75 Å². The molecule has 4 N–H and O–H groups in total. The molecule has 4 nitrogen and oxygen atoms in total. The fraction of sp³-hybridized carbons (Fsp3) is 0.200. The molecule has 0 fully saturated rings. The van der Waals surface area contributed by atoms with Gasteiger partial charge in [-0.25, -0.2) is 0 Å². The highest BCUT2D eigenvalue weighted by atomic mass is 32.1. The van der Waals surface area contributed by atoms with Crippen LogP contribution >= 0.6 is 12.2 Å². The van der Waals surface area contributed by atoms with Crippen molar-refractivity contribution in [1.82, 2.24) is 0 Å². The SMILES string of the molecule is NC(=O)COc1ccc(C(N)=S)cc1C(F)(F)F. The van der Waals surface area contributed by atoms with Crippen LogP contribution in [-0.4, -0.2) is 17.5 Å². The highest BCUT2D eigenvalue weighted by Gasteiger charge is 2.35. The van der Waals surface area contributed by atoms with E-state index >= 15 is 0 Å². The molecule has 0 aliphatic carbocycles. The van der Waals surface area contributed by atoms with Gasteiger partial charge in [0.05, 0.1) is 5.56 Å². The van der Waals surface area contributed by atoms with Gasteiger partial charge in [0.15, 0.2) is 6.61 Å². The van der Waals surface area contributed by atoms with Crippen molar-refractivity contribution in [2.24, 2.45) is 11.5 Å². The average Bonchev–Trinajstić information content (AvgIpc) is 2.24. The standard InChI is InChI=1S/C10H9F3N2O2S/c11-10(12,13)6-3-5(9(15)18)1-2-7(6)17-4-8(14)16/h1-3H,4H2,(H2,14,16)(H2,15,18). The van der Waals surface area contributed by atoms with Crippen molar-refractivity contribution >= 4 is 23.1 Å². The molecule has 0 saturated heterocycles. The molecule has 0 heterocycles. The molecule has 1 rings (SSSR count). The molecule has 0 atom stereocenters. The Kier molecular flexibility index (Phi) is 4.12. The van der Waals surface area contributed by atoms with E-state index in [4.69, 9.17) is 11.5 Å². The summed E-state index contributed by atoms with van der Waals surface area (Å²) in [5, 5.41) is 0. The Morgan fingerprint density at radius 3 is 2.39 bits per heavy atom. The number of nitrogens with two attached hydrogens (primary N) is 2. The van der Waals surface area contributed by atoms with Crippen LogP contribution in [0.1, 0.15) is 11.1 Å². The normalized spacial score (nSPS) is 11.1. The largest absolute Gasteiger partial charge is 0.483 e. The van der Waals surface area contributed by atoms with Crippen molar-refractivity contribution in [2.45, 2.75) is 6.18 Å². The first-order chi connectivity index (χ1) is 8.21. The number of hydrogen-bond donors (Lipinski definition) is 2. The predicted molar refractivity (Wildman–Crippen MR) is 62.0 cm³/mol. The summed E-state index contributed by atoms with van der Waals surface area (Å²) in [6.45, 7) is -0.643. The van der Waals surface area contributed by atoms with Gasteiger partial charge in [0.25, 0.3) is 5.91 Å². The molecular formula is C10H9F3N2O2S. The van der Waals surface area contributed by atoms with Crippen LogP contribution in [0.3, 0.4) is 0 Å². The van der Waals surface area contributed by atoms with E-state index in [-0.39, 0.29) is 10.6 Å². The van der Waals surface area contributed by atoms with Gasteiger partial charge in [-0.2, -0.15) is 13.2 Å². The van der Waals surface area contributed by atoms with E-state index in [9.17, 15) is 18.0 Å². The summed E-state index contributed by atoms with van der Waals surface area (Å²) in [7, 11) is 0. The van der Waals surface area contributed by atoms with Gasteiger partial charge in [-0.3, -0.25) is 4.79 Å². The number of alkyl halides is 3. The van der Waals surface area contributed by atoms with Gasteiger partial charge in [-0.1, -0.05) is 12.2 Å². The van der Waals surface area contributed by atoms with Crippen LogP contribution in [0.15, 0.2) is 18.2 Å². The summed E-state index contributed by atoms with van der Waals surface area (Å²) < 4.78 is 42.9. The second-order valence-electron chi connectivity index (χ2n) is 3.33. The lowest BCUT2D eigenvalue weighted by atomic mass is 10.1. The lowest BCUT2D eigenvalue weighted by molar-refractivity contribution is -0.139. The molecule has 0 aromatic heterocycles. The van der Waals surface area contributed by atoms with Crippen LogP contribution in [0.4, 0.5) is 13.2 Å². The monoisotopic (exact) mass is 278 g/mol. The lowest BCUT2D eigenvalue weighted by Crippen LogP contribution is -2.21. The first-order valence-electron chi connectivity index (χ1n) is 4.64. The van der Waals surface area contributed by atoms with Gasteiger partial charge in [0, 0.05) is 5.56 Å². The topological polar surface area (TPSA) is 78.3 Å². The number of amides is 1. The summed E-state index contributed by atoms with van der Waals surface area (Å²) in [5.74, 6) is -1.37. The fourth-order valence-electron chi connectivity index (χ4n) is 1.18. The highest BCUT2D eigenvalue weighted by Crippen LogP contribution is 2.36. The van der Waals surface area contributed by atoms with E-state index < -0.39 is 30.0 Å². The van der Waals surface area contributed by atoms with Crippen molar-refractivity contribution in [3.8, 4) is 5.75 Å². The fourth-order valence-corrected chi connectivity index (χ4v) is 1.31. The van der Waals surface area contributed by atoms with Crippen molar-refractivity contribution in [3.63, 3.8) is 0 Å². The first-order valence-corrected chi connectivity index (χ1v) is 5.05. The van der Waals surface area contributed by atoms with Crippen LogP contribution in [-0.2, 0) is 11.0 Å². The summed E-state index contributed by atoms with van der Waals surface area (Å²) >= 11 is 4.59. The van der Waals surface area contributed by atoms with Gasteiger partial charge in [0.1, 0.15) is 10.7 Å². The van der Waals surface area contributed by atoms with Crippen LogP contribution in [0, 0.1) is 0 Å². The molecule has 8 heteroatoms. The zero-order chi connectivity index (χ0) is 13.9. The smallest absolute Gasteiger partial charge is 0.419 e. The zero-order valence-electron chi connectivity index (χ0n) is 8.95. The van der Waals surface area contributed by atoms with E-state index in [2.05, 4.69) is 17.0 Å². The minimum atomic E-state index is -4.65. The Labute approximate surface area is 106 Å². The summed E-state index contributed by atoms with van der Waals surface area (Å²) in [4.78, 5) is 10.3. The molecular weight excluding hydrogens is 269 g/mol. The molecule has 1 amide bonds. The molecule has 18 heavy (non-hydrogen) atoms. The Bertz CT molecular complexity index is 489. The van der Waals surface area contributed by atoms with Crippen molar-refractivity contribution in [2.75, 3.05) is 6.61 Å². The molecule has 1 aromatic rings. The van der Waals surface area contributed by atoms with E-state index in [1.165, 1.54) is 6.07 Å². The Hall–Kier alpha value is -1.83. The maximum absolute atomic E-state index is 12.7. The summed E-state index contributed by atoms with van der Waals surface area (Å²) in [6, 6.07) is 3.08. The number of thiocarbonyl (C=S) groups is 1. The number of carbonyl (C=O) groups excluding carboxylic acids is 1. The molecule has 0 spiro atoms. The van der Waals surface area contributed by atoms with Crippen LogP contribution in [0.25, 0.3) is 0 Å². The molecule has 0 unspecified atom stereocenters. The highest BCUT2D eigenvalue weighted by molar-refractivity contribution is 7.80. The third kappa shape index (κ3) is 3.59. The molecule has 0 saturated carbocycles. The number of rotatable bonds is 4. The van der Waals surface area contributed by atoms with Gasteiger partial charge < -0.3 is 16.2 Å². The van der Waals surface area contributed by atoms with Crippen LogP contribution in [0.2, 0.25) is 0 Å². The molecule has 0 aliphatic rings. The van der Waals surface area contributed by atoms with Gasteiger partial charge >= 0.3 is 6.18 Å². The van der Waals surface area contributed by atoms with Gasteiger partial charge in [0.2, 0.25) is 0 Å². The molecule has 98 valence electrons. The second kappa shape index (κ2) is 5.21. The maximum atomic E-state index is 12.7. The number of primary amides is 1. The average molecular weight is 278 g/mol. The maximum Gasteiger partial charge on any atom is 0.419 e. The lowest BCUT2D eigenvalue weighted by Gasteiger charge is -2.14. The predicted octanol–water partition coefficient (Wildman–Crippen LogP) is 1.20. The molecule has 0 radical (unpaired) electrons.